The molecule has 1 aliphatic heterocycles. The van der Waals surface area contributed by atoms with Crippen molar-refractivity contribution in [3.05, 3.63) is 56.0 Å². The van der Waals surface area contributed by atoms with Gasteiger partial charge in [-0.25, -0.2) is 0 Å². The summed E-state index contributed by atoms with van der Waals surface area (Å²) in [4.78, 5) is 24.0. The Kier molecular flexibility index (Phi) is 4.80. The topological polar surface area (TPSA) is 66.4 Å². The second-order valence-corrected chi connectivity index (χ2v) is 7.14. The molecule has 3 rings (SSSR count). The molecular formula is C17H10Br2ClNO3. The molecule has 0 unspecified atom stereocenters. The van der Waals surface area contributed by atoms with Gasteiger partial charge in [-0.3, -0.25) is 9.59 Å². The Morgan fingerprint density at radius 3 is 2.50 bits per heavy atom. The first-order valence-electron chi connectivity index (χ1n) is 6.85. The summed E-state index contributed by atoms with van der Waals surface area (Å²) in [5, 5.41) is 12.6. The fourth-order valence-corrected chi connectivity index (χ4v) is 3.79. The van der Waals surface area contributed by atoms with Gasteiger partial charge in [-0.05, 0) is 73.8 Å². The molecule has 0 saturated heterocycles. The number of carbonyl (C=O) groups is 2. The molecule has 7 heteroatoms. The number of fused-ring (bicyclic) bond motifs is 1. The number of carbonyl (C=O) groups excluding carboxylic acids is 2. The Balaban J connectivity index is 2.10. The van der Waals surface area contributed by atoms with E-state index in [0.29, 0.717) is 31.3 Å². The van der Waals surface area contributed by atoms with Crippen LogP contribution in [-0.4, -0.2) is 22.7 Å². The molecular weight excluding hydrogens is 461 g/mol. The predicted molar refractivity (Wildman–Crippen MR) is 102 cm³/mol. The van der Waals surface area contributed by atoms with Gasteiger partial charge in [0.05, 0.1) is 14.8 Å². The number of nitrogens with one attached hydrogen (secondary N) is 1. The van der Waals surface area contributed by atoms with Crippen molar-refractivity contribution in [2.24, 2.45) is 0 Å². The van der Waals surface area contributed by atoms with E-state index >= 15 is 0 Å². The van der Waals surface area contributed by atoms with Crippen molar-refractivity contribution in [1.82, 2.24) is 0 Å². The quantitative estimate of drug-likeness (QED) is 0.383. The van der Waals surface area contributed by atoms with Crippen LogP contribution in [0.2, 0.25) is 0 Å². The van der Waals surface area contributed by atoms with Crippen molar-refractivity contribution in [2.45, 2.75) is 0 Å². The second-order valence-electron chi connectivity index (χ2n) is 5.16. The molecule has 2 aromatic rings. The molecule has 0 fully saturated rings. The highest BCUT2D eigenvalue weighted by Gasteiger charge is 2.25. The van der Waals surface area contributed by atoms with Gasteiger partial charge in [0.1, 0.15) is 5.75 Å². The van der Waals surface area contributed by atoms with Crippen molar-refractivity contribution in [2.75, 3.05) is 11.2 Å². The minimum absolute atomic E-state index is 0.0865. The molecule has 0 spiro atoms. The zero-order valence-electron chi connectivity index (χ0n) is 12.1. The van der Waals surface area contributed by atoms with Crippen LogP contribution >= 0.6 is 43.5 Å². The van der Waals surface area contributed by atoms with Crippen LogP contribution in [0.3, 0.4) is 0 Å². The number of Topliss-reactive ketones (excluding diaryl/α,β-unsaturated/α-hetero) is 1. The number of amides is 1. The highest BCUT2D eigenvalue weighted by Crippen LogP contribution is 2.37. The molecule has 0 bridgehead atoms. The summed E-state index contributed by atoms with van der Waals surface area (Å²) >= 11 is 12.1. The lowest BCUT2D eigenvalue weighted by atomic mass is 10.0. The summed E-state index contributed by atoms with van der Waals surface area (Å²) < 4.78 is 1.02. The maximum Gasteiger partial charge on any atom is 0.256 e. The van der Waals surface area contributed by atoms with E-state index in [0.717, 1.165) is 5.56 Å². The van der Waals surface area contributed by atoms with Crippen molar-refractivity contribution in [3.8, 4) is 5.75 Å². The minimum Gasteiger partial charge on any atom is -0.506 e. The summed E-state index contributed by atoms with van der Waals surface area (Å²) in [6.45, 7) is 0. The van der Waals surface area contributed by atoms with Crippen molar-refractivity contribution in [1.29, 1.82) is 0 Å². The Labute approximate surface area is 159 Å². The van der Waals surface area contributed by atoms with Crippen LogP contribution in [0.4, 0.5) is 5.69 Å². The SMILES string of the molecule is O=C1Nc2ccc(C(=O)CCl)cc2C1=Cc1cc(Br)c(O)c(Br)c1. The monoisotopic (exact) mass is 469 g/mol. The van der Waals surface area contributed by atoms with Crippen molar-refractivity contribution >= 4 is 72.5 Å². The zero-order valence-corrected chi connectivity index (χ0v) is 16.0. The molecule has 4 nitrogen and oxygen atoms in total. The van der Waals surface area contributed by atoms with Crippen LogP contribution in [0.25, 0.3) is 11.6 Å². The minimum atomic E-state index is -0.249. The molecule has 0 radical (unpaired) electrons. The first kappa shape index (κ1) is 17.2. The summed E-state index contributed by atoms with van der Waals surface area (Å²) in [5.74, 6) is -0.477. The lowest BCUT2D eigenvalue weighted by Gasteiger charge is -2.05. The van der Waals surface area contributed by atoms with Crippen LogP contribution < -0.4 is 5.32 Å². The molecule has 1 heterocycles. The van der Waals surface area contributed by atoms with Crippen LogP contribution in [0, 0.1) is 0 Å². The third-order valence-corrected chi connectivity index (χ3v) is 5.05. The molecule has 2 aromatic carbocycles. The number of phenolic OH excluding ortho intramolecular Hbond substituents is 1. The lowest BCUT2D eigenvalue weighted by Crippen LogP contribution is -2.03. The van der Waals surface area contributed by atoms with Gasteiger partial charge in [-0.15, -0.1) is 11.6 Å². The Hall–Kier alpha value is -1.63. The highest BCUT2D eigenvalue weighted by molar-refractivity contribution is 9.11. The van der Waals surface area contributed by atoms with Gasteiger partial charge >= 0.3 is 0 Å². The van der Waals surface area contributed by atoms with Gasteiger partial charge in [0.15, 0.2) is 5.78 Å². The summed E-state index contributed by atoms with van der Waals surface area (Å²) in [7, 11) is 0. The van der Waals surface area contributed by atoms with Crippen molar-refractivity contribution in [3.63, 3.8) is 0 Å². The predicted octanol–water partition coefficient (Wildman–Crippen LogP) is 4.83. The first-order valence-corrected chi connectivity index (χ1v) is 8.97. The van der Waals surface area contributed by atoms with Crippen LogP contribution in [-0.2, 0) is 4.79 Å². The van der Waals surface area contributed by atoms with Gasteiger partial charge in [-0.1, -0.05) is 0 Å². The molecule has 0 atom stereocenters. The average Bonchev–Trinajstić information content (AvgIpc) is 2.87. The number of phenols is 1. The normalized spacial score (nSPS) is 14.6. The number of halogens is 3. The number of rotatable bonds is 3. The first-order chi connectivity index (χ1) is 11.4. The molecule has 0 saturated carbocycles. The highest BCUT2D eigenvalue weighted by atomic mass is 79.9. The summed E-state index contributed by atoms with van der Waals surface area (Å²) in [5.41, 5.74) is 2.92. The van der Waals surface area contributed by atoms with Crippen molar-refractivity contribution < 1.29 is 14.7 Å². The molecule has 122 valence electrons. The van der Waals surface area contributed by atoms with Gasteiger partial charge in [0.25, 0.3) is 5.91 Å². The third-order valence-electron chi connectivity index (χ3n) is 3.60. The fourth-order valence-electron chi connectivity index (χ4n) is 2.42. The van der Waals surface area contributed by atoms with Gasteiger partial charge < -0.3 is 10.4 Å². The Bertz CT molecular complexity index is 886. The van der Waals surface area contributed by atoms with E-state index in [2.05, 4.69) is 37.2 Å². The van der Waals surface area contributed by atoms with E-state index in [4.69, 9.17) is 11.6 Å². The van der Waals surface area contributed by atoms with E-state index in [9.17, 15) is 14.7 Å². The Morgan fingerprint density at radius 2 is 1.88 bits per heavy atom. The zero-order chi connectivity index (χ0) is 17.4. The van der Waals surface area contributed by atoms with Crippen LogP contribution in [0.15, 0.2) is 39.3 Å². The number of alkyl halides is 1. The lowest BCUT2D eigenvalue weighted by molar-refractivity contribution is -0.110. The number of benzene rings is 2. The van der Waals surface area contributed by atoms with E-state index in [-0.39, 0.29) is 23.3 Å². The standard InChI is InChI=1S/C17H10Br2ClNO3/c18-12-4-8(5-13(19)16(12)23)3-11-10-6-9(15(22)7-20)1-2-14(10)21-17(11)24/h1-6,23H,7H2,(H,21,24). The third kappa shape index (κ3) is 3.14. The van der Waals surface area contributed by atoms with E-state index < -0.39 is 0 Å². The average molecular weight is 472 g/mol. The second kappa shape index (κ2) is 6.70. The maximum atomic E-state index is 12.3. The number of aromatic hydroxyl groups is 1. The van der Waals surface area contributed by atoms with E-state index in [1.54, 1.807) is 36.4 Å². The number of hydrogen-bond donors (Lipinski definition) is 2. The van der Waals surface area contributed by atoms with Gasteiger partial charge in [-0.2, -0.15) is 0 Å². The Morgan fingerprint density at radius 1 is 1.21 bits per heavy atom. The largest absolute Gasteiger partial charge is 0.506 e. The van der Waals surface area contributed by atoms with Gasteiger partial charge in [0.2, 0.25) is 0 Å². The van der Waals surface area contributed by atoms with E-state index in [1.807, 2.05) is 0 Å². The molecule has 2 N–H and O–H groups in total. The molecule has 1 aliphatic rings. The van der Waals surface area contributed by atoms with Crippen LogP contribution in [0.5, 0.6) is 5.75 Å². The molecule has 0 aliphatic carbocycles. The number of anilines is 1. The molecule has 1 amide bonds. The van der Waals surface area contributed by atoms with Crippen LogP contribution in [0.1, 0.15) is 21.5 Å². The maximum absolute atomic E-state index is 12.3. The summed E-state index contributed by atoms with van der Waals surface area (Å²) in [6, 6.07) is 8.39. The smallest absolute Gasteiger partial charge is 0.256 e. The molecule has 24 heavy (non-hydrogen) atoms. The summed E-state index contributed by atoms with van der Waals surface area (Å²) in [6.07, 6.45) is 1.70. The molecule has 0 aromatic heterocycles. The fraction of sp³-hybridized carbons (Fsp3) is 0.0588. The van der Waals surface area contributed by atoms with E-state index in [1.165, 1.54) is 0 Å². The van der Waals surface area contributed by atoms with Gasteiger partial charge in [0, 0.05) is 22.4 Å². The number of hydrogen-bond acceptors (Lipinski definition) is 3. The number of ketones is 1.